The third-order valence-electron chi connectivity index (χ3n) is 7.00. The minimum atomic E-state index is 0.169. The van der Waals surface area contributed by atoms with Crippen molar-refractivity contribution in [3.8, 4) is 0 Å². The third-order valence-corrected chi connectivity index (χ3v) is 7.31. The van der Waals surface area contributed by atoms with Crippen LogP contribution in [0.15, 0.2) is 59.6 Å². The Labute approximate surface area is 244 Å². The molecule has 11 nitrogen and oxygen atoms in total. The van der Waals surface area contributed by atoms with Crippen molar-refractivity contribution in [2.24, 2.45) is 10.7 Å². The lowest BCUT2D eigenvalue weighted by atomic mass is 10.2. The Morgan fingerprint density at radius 2 is 1.85 bits per heavy atom. The highest BCUT2D eigenvalue weighted by Crippen LogP contribution is 2.31. The Bertz CT molecular complexity index is 1570. The number of hydrogen-bond donors (Lipinski definition) is 4. The second-order valence-electron chi connectivity index (χ2n) is 9.83. The number of halogens is 1. The van der Waals surface area contributed by atoms with Crippen molar-refractivity contribution in [2.45, 2.75) is 13.8 Å². The van der Waals surface area contributed by atoms with E-state index in [0.717, 1.165) is 54.3 Å². The van der Waals surface area contributed by atoms with Gasteiger partial charge < -0.3 is 26.4 Å². The third kappa shape index (κ3) is 6.43. The van der Waals surface area contributed by atoms with E-state index in [2.05, 4.69) is 35.4 Å². The first-order valence-corrected chi connectivity index (χ1v) is 13.9. The summed E-state index contributed by atoms with van der Waals surface area (Å²) in [6.45, 7) is 8.11. The molecule has 1 aliphatic rings. The van der Waals surface area contributed by atoms with Gasteiger partial charge in [-0.25, -0.2) is 15.0 Å². The predicted octanol–water partition coefficient (Wildman–Crippen LogP) is 3.85. The molecular weight excluding hydrogens is 540 g/mol. The number of rotatable bonds is 8. The summed E-state index contributed by atoms with van der Waals surface area (Å²) in [5.74, 6) is 3.58. The monoisotopic (exact) mass is 574 g/mol. The van der Waals surface area contributed by atoms with Crippen molar-refractivity contribution < 1.29 is 5.11 Å². The largest absolute Gasteiger partial charge is 0.395 e. The molecule has 0 saturated carbocycles. The number of nitrogens with zero attached hydrogens (tertiary/aromatic N) is 7. The number of aromatic nitrogens is 4. The van der Waals surface area contributed by atoms with Crippen LogP contribution >= 0.6 is 11.6 Å². The van der Waals surface area contributed by atoms with Crippen LogP contribution in [0.25, 0.3) is 16.9 Å². The molecule has 2 aromatic heterocycles. The van der Waals surface area contributed by atoms with Gasteiger partial charge in [-0.3, -0.25) is 14.5 Å². The van der Waals surface area contributed by atoms with Gasteiger partial charge in [0.15, 0.2) is 0 Å². The number of anilines is 4. The van der Waals surface area contributed by atoms with E-state index in [0.29, 0.717) is 40.8 Å². The maximum absolute atomic E-state index is 9.24. The number of amidine groups is 1. The van der Waals surface area contributed by atoms with E-state index in [1.807, 2.05) is 66.9 Å². The van der Waals surface area contributed by atoms with E-state index >= 15 is 0 Å². The molecule has 41 heavy (non-hydrogen) atoms. The van der Waals surface area contributed by atoms with Crippen LogP contribution in [0.1, 0.15) is 11.4 Å². The highest BCUT2D eigenvalue weighted by molar-refractivity contribution is 6.33. The molecule has 1 saturated heterocycles. The van der Waals surface area contributed by atoms with Crippen molar-refractivity contribution in [1.29, 1.82) is 0 Å². The van der Waals surface area contributed by atoms with Crippen LogP contribution in [0.3, 0.4) is 0 Å². The molecule has 1 aliphatic heterocycles. The molecule has 214 valence electrons. The maximum atomic E-state index is 9.24. The average Bonchev–Trinajstić information content (AvgIpc) is 3.33. The second kappa shape index (κ2) is 12.5. The van der Waals surface area contributed by atoms with Crippen molar-refractivity contribution in [3.63, 3.8) is 0 Å². The SMILES string of the molecule is CN=C(C=C(N)n1c(Nc2c(C)cccc2Cl)nc2ccccc21)Nc1cc(N2CCN(CCO)CC2)nc(C)n1. The van der Waals surface area contributed by atoms with Crippen LogP contribution < -0.4 is 21.3 Å². The number of para-hydroxylation sites is 3. The van der Waals surface area contributed by atoms with Gasteiger partial charge in [-0.05, 0) is 37.6 Å². The number of β-amino-alcohol motifs (C(OH)–C–C–N with tert-alkyl or cyclic N) is 1. The molecule has 4 aromatic rings. The summed E-state index contributed by atoms with van der Waals surface area (Å²) < 4.78 is 1.84. The van der Waals surface area contributed by atoms with Gasteiger partial charge in [0.1, 0.15) is 29.1 Å². The molecular formula is C29H35ClN10O. The number of piperazine rings is 1. The van der Waals surface area contributed by atoms with Gasteiger partial charge in [0.05, 0.1) is 28.4 Å². The standard InChI is InChI=1S/C29H35ClN10O/c1-19-7-6-8-21(30)28(19)37-29-35-22-9-4-5-10-23(22)40(29)24(31)17-25(32-3)36-26-18-27(34-20(2)33-26)39-13-11-38(12-14-39)15-16-41/h4-10,17-18,41H,11-16,31H2,1-3H3,(H,35,37)(H,32,33,34,36). The van der Waals surface area contributed by atoms with Gasteiger partial charge in [0, 0.05) is 51.9 Å². The summed E-state index contributed by atoms with van der Waals surface area (Å²) in [5.41, 5.74) is 10.1. The van der Waals surface area contributed by atoms with Crippen LogP contribution in [-0.2, 0) is 0 Å². The van der Waals surface area contributed by atoms with Crippen molar-refractivity contribution in [3.05, 3.63) is 71.0 Å². The summed E-state index contributed by atoms with van der Waals surface area (Å²) in [7, 11) is 1.69. The van der Waals surface area contributed by atoms with E-state index in [9.17, 15) is 5.11 Å². The number of benzene rings is 2. The highest BCUT2D eigenvalue weighted by atomic mass is 35.5. The van der Waals surface area contributed by atoms with E-state index in [-0.39, 0.29) is 6.61 Å². The average molecular weight is 575 g/mol. The zero-order valence-corrected chi connectivity index (χ0v) is 24.2. The van der Waals surface area contributed by atoms with Crippen LogP contribution in [0.5, 0.6) is 0 Å². The van der Waals surface area contributed by atoms with E-state index in [1.165, 1.54) is 0 Å². The number of aliphatic hydroxyl groups excluding tert-OH is 1. The number of nitrogens with one attached hydrogen (secondary N) is 2. The minimum Gasteiger partial charge on any atom is -0.395 e. The summed E-state index contributed by atoms with van der Waals surface area (Å²) >= 11 is 6.51. The van der Waals surface area contributed by atoms with Gasteiger partial charge in [-0.2, -0.15) is 0 Å². The highest BCUT2D eigenvalue weighted by Gasteiger charge is 2.19. The summed E-state index contributed by atoms with van der Waals surface area (Å²) in [6.07, 6.45) is 1.75. The lowest BCUT2D eigenvalue weighted by molar-refractivity contribution is 0.188. The number of imidazole rings is 1. The number of aliphatic imine (C=N–C) groups is 1. The van der Waals surface area contributed by atoms with Crippen molar-refractivity contribution in [1.82, 2.24) is 24.4 Å². The number of nitrogens with two attached hydrogens (primary N) is 1. The van der Waals surface area contributed by atoms with Gasteiger partial charge in [0.25, 0.3) is 0 Å². The van der Waals surface area contributed by atoms with Gasteiger partial charge >= 0.3 is 0 Å². The van der Waals surface area contributed by atoms with Crippen LogP contribution in [0.2, 0.25) is 5.02 Å². The fraction of sp³-hybridized carbons (Fsp3) is 0.310. The molecule has 2 aromatic carbocycles. The van der Waals surface area contributed by atoms with Crippen LogP contribution in [-0.4, -0.2) is 81.7 Å². The first-order valence-electron chi connectivity index (χ1n) is 13.5. The number of hydrogen-bond acceptors (Lipinski definition) is 9. The molecule has 0 aliphatic carbocycles. The molecule has 0 amide bonds. The Hall–Kier alpha value is -4.19. The quantitative estimate of drug-likeness (QED) is 0.183. The summed E-state index contributed by atoms with van der Waals surface area (Å²) in [4.78, 5) is 22.9. The molecule has 12 heteroatoms. The Morgan fingerprint density at radius 1 is 1.07 bits per heavy atom. The van der Waals surface area contributed by atoms with Gasteiger partial charge in [0.2, 0.25) is 5.95 Å². The van der Waals surface area contributed by atoms with E-state index in [4.69, 9.17) is 22.3 Å². The van der Waals surface area contributed by atoms with Crippen LogP contribution in [0.4, 0.5) is 23.3 Å². The first-order chi connectivity index (χ1) is 19.9. The number of aryl methyl sites for hydroxylation is 2. The molecule has 5 rings (SSSR count). The van der Waals surface area contributed by atoms with Crippen molar-refractivity contribution in [2.75, 3.05) is 61.9 Å². The molecule has 1 fully saturated rings. The van der Waals surface area contributed by atoms with Gasteiger partial charge in [-0.15, -0.1) is 0 Å². The molecule has 0 spiro atoms. The lowest BCUT2D eigenvalue weighted by Gasteiger charge is -2.35. The van der Waals surface area contributed by atoms with Crippen molar-refractivity contribution >= 4 is 57.6 Å². The van der Waals surface area contributed by atoms with Gasteiger partial charge in [-0.1, -0.05) is 35.9 Å². The fourth-order valence-electron chi connectivity index (χ4n) is 4.89. The Morgan fingerprint density at radius 3 is 2.59 bits per heavy atom. The normalized spacial score (nSPS) is 15.0. The second-order valence-corrected chi connectivity index (χ2v) is 10.2. The predicted molar refractivity (Wildman–Crippen MR) is 167 cm³/mol. The molecule has 0 bridgehead atoms. The topological polar surface area (TPSA) is 133 Å². The smallest absolute Gasteiger partial charge is 0.214 e. The Balaban J connectivity index is 1.42. The summed E-state index contributed by atoms with van der Waals surface area (Å²) in [6, 6.07) is 15.4. The summed E-state index contributed by atoms with van der Waals surface area (Å²) in [5, 5.41) is 16.5. The molecule has 5 N–H and O–H groups in total. The maximum Gasteiger partial charge on any atom is 0.214 e. The number of fused-ring (bicyclic) bond motifs is 1. The van der Waals surface area contributed by atoms with Crippen LogP contribution in [0, 0.1) is 13.8 Å². The minimum absolute atomic E-state index is 0.169. The molecule has 3 heterocycles. The van der Waals surface area contributed by atoms with E-state index < -0.39 is 0 Å². The zero-order chi connectivity index (χ0) is 28.9. The zero-order valence-electron chi connectivity index (χ0n) is 23.5. The molecule has 0 atom stereocenters. The molecule has 0 unspecified atom stereocenters. The lowest BCUT2D eigenvalue weighted by Crippen LogP contribution is -2.47. The molecule has 0 radical (unpaired) electrons. The first kappa shape index (κ1) is 28.3. The Kier molecular flexibility index (Phi) is 8.67. The number of aliphatic hydroxyl groups is 1. The van der Waals surface area contributed by atoms with E-state index in [1.54, 1.807) is 13.1 Å². The fourth-order valence-corrected chi connectivity index (χ4v) is 5.15.